The van der Waals surface area contributed by atoms with Gasteiger partial charge in [0.2, 0.25) is 0 Å². The summed E-state index contributed by atoms with van der Waals surface area (Å²) in [7, 11) is 2.98. The molecule has 2 aromatic rings. The van der Waals surface area contributed by atoms with Gasteiger partial charge in [0, 0.05) is 17.2 Å². The molecule has 0 atom stereocenters. The Morgan fingerprint density at radius 2 is 1.81 bits per heavy atom. The molecule has 0 spiro atoms. The molecule has 0 aliphatic carbocycles. The molecule has 0 aliphatic rings. The first-order valence-electron chi connectivity index (χ1n) is 8.68. The molecule has 0 amide bonds. The summed E-state index contributed by atoms with van der Waals surface area (Å²) < 4.78 is 54.6. The zero-order chi connectivity index (χ0) is 22.3. The minimum absolute atomic E-state index is 0. The first-order valence-corrected chi connectivity index (χ1v) is 8.68. The van der Waals surface area contributed by atoms with Crippen LogP contribution < -0.4 is 56.1 Å². The second-order valence-corrected chi connectivity index (χ2v) is 6.06. The summed E-state index contributed by atoms with van der Waals surface area (Å²) in [6.07, 6.45) is -4.90. The number of amidine groups is 1. The maximum absolute atomic E-state index is 14.2. The number of rotatable bonds is 7. The van der Waals surface area contributed by atoms with E-state index in [1.165, 1.54) is 14.0 Å². The number of nitrogens with zero attached hydrogens (tertiary/aromatic N) is 3. The average Bonchev–Trinajstić information content (AvgIpc) is 2.66. The Kier molecular flexibility index (Phi) is 10.9. The monoisotopic (exact) mass is 465 g/mol. The largest absolute Gasteiger partial charge is 1.00 e. The Bertz CT molecular complexity index is 950. The molecule has 0 bridgehead atoms. The SMILES string of the molecule is C[N-]/C(=N/OC)c1cccc(C)c1CO/N=C(\C)c1ccc(OC(F)(F)F)cc1F.[K+]. The summed E-state index contributed by atoms with van der Waals surface area (Å²) >= 11 is 0. The van der Waals surface area contributed by atoms with Crippen molar-refractivity contribution < 1.29 is 83.4 Å². The summed E-state index contributed by atoms with van der Waals surface area (Å²) in [5, 5.41) is 11.8. The standard InChI is InChI=1S/C20H20F4N3O3.K/c1-12-6-5-7-16(19(25-3)27-28-4)17(12)11-29-26-13(2)15-9-8-14(10-18(15)21)30-20(22,23)24;/h5-10H,11H2,1-4H3;/q-1;+1/b26-13+;. The van der Waals surface area contributed by atoms with Gasteiger partial charge in [0.25, 0.3) is 0 Å². The zero-order valence-electron chi connectivity index (χ0n) is 17.7. The molecule has 0 unspecified atom stereocenters. The molecule has 0 saturated carbocycles. The maximum Gasteiger partial charge on any atom is 1.00 e. The topological polar surface area (TPSA) is 66.5 Å². The molecular weight excluding hydrogens is 445 g/mol. The predicted molar refractivity (Wildman–Crippen MR) is 104 cm³/mol. The van der Waals surface area contributed by atoms with Crippen molar-refractivity contribution in [3.63, 3.8) is 0 Å². The molecule has 2 rings (SSSR count). The van der Waals surface area contributed by atoms with E-state index >= 15 is 0 Å². The summed E-state index contributed by atoms with van der Waals surface area (Å²) in [6, 6.07) is 8.28. The summed E-state index contributed by atoms with van der Waals surface area (Å²) in [5.41, 5.74) is 2.47. The van der Waals surface area contributed by atoms with Gasteiger partial charge in [-0.2, -0.15) is 0 Å². The number of alkyl halides is 3. The molecule has 2 aromatic carbocycles. The van der Waals surface area contributed by atoms with Gasteiger partial charge in [0.1, 0.15) is 18.2 Å². The van der Waals surface area contributed by atoms with Crippen molar-refractivity contribution in [2.75, 3.05) is 14.2 Å². The molecule has 6 nitrogen and oxygen atoms in total. The molecule has 0 fully saturated rings. The van der Waals surface area contributed by atoms with Crippen LogP contribution in [0, 0.1) is 12.7 Å². The van der Waals surface area contributed by atoms with Gasteiger partial charge >= 0.3 is 57.7 Å². The summed E-state index contributed by atoms with van der Waals surface area (Å²) in [5.74, 6) is -1.21. The molecular formula is C20H20F4KN3O3. The minimum atomic E-state index is -4.90. The van der Waals surface area contributed by atoms with Crippen molar-refractivity contribution in [2.45, 2.75) is 26.8 Å². The van der Waals surface area contributed by atoms with Crippen molar-refractivity contribution in [3.05, 3.63) is 69.8 Å². The molecule has 0 aliphatic heterocycles. The van der Waals surface area contributed by atoms with Crippen LogP contribution in [-0.2, 0) is 16.3 Å². The van der Waals surface area contributed by atoms with E-state index in [-0.39, 0.29) is 69.3 Å². The second kappa shape index (κ2) is 12.4. The van der Waals surface area contributed by atoms with Crippen LogP contribution in [-0.4, -0.2) is 32.1 Å². The molecule has 0 heterocycles. The molecule has 0 N–H and O–H groups in total. The number of hydrogen-bond acceptors (Lipinski definition) is 5. The van der Waals surface area contributed by atoms with E-state index in [0.717, 1.165) is 23.3 Å². The van der Waals surface area contributed by atoms with E-state index in [0.29, 0.717) is 17.5 Å². The second-order valence-electron chi connectivity index (χ2n) is 6.06. The third-order valence-corrected chi connectivity index (χ3v) is 4.01. The van der Waals surface area contributed by atoms with Crippen LogP contribution in [0.3, 0.4) is 0 Å². The van der Waals surface area contributed by atoms with Gasteiger partial charge in [-0.1, -0.05) is 30.4 Å². The van der Waals surface area contributed by atoms with Gasteiger partial charge in [0.15, 0.2) is 0 Å². The van der Waals surface area contributed by atoms with Crippen molar-refractivity contribution in [3.8, 4) is 5.75 Å². The Labute approximate surface area is 220 Å². The fraction of sp³-hybridized carbons (Fsp3) is 0.300. The number of hydrogen-bond donors (Lipinski definition) is 0. The fourth-order valence-electron chi connectivity index (χ4n) is 2.63. The van der Waals surface area contributed by atoms with Gasteiger partial charge in [-0.3, -0.25) is 5.16 Å². The van der Waals surface area contributed by atoms with Crippen LogP contribution in [0.2, 0.25) is 0 Å². The average molecular weight is 465 g/mol. The van der Waals surface area contributed by atoms with Crippen molar-refractivity contribution in [2.24, 2.45) is 10.3 Å². The third-order valence-electron chi connectivity index (χ3n) is 4.01. The summed E-state index contributed by atoms with van der Waals surface area (Å²) in [6.45, 7) is 3.38. The molecule has 0 radical (unpaired) electrons. The van der Waals surface area contributed by atoms with E-state index in [1.54, 1.807) is 13.1 Å². The van der Waals surface area contributed by atoms with Gasteiger partial charge < -0.3 is 19.7 Å². The quantitative estimate of drug-likeness (QED) is 0.207. The summed E-state index contributed by atoms with van der Waals surface area (Å²) in [4.78, 5) is 10.2. The van der Waals surface area contributed by atoms with Gasteiger partial charge in [-0.15, -0.1) is 13.2 Å². The molecule has 0 aromatic heterocycles. The van der Waals surface area contributed by atoms with Gasteiger partial charge in [-0.05, 0) is 42.9 Å². The van der Waals surface area contributed by atoms with Crippen LogP contribution in [0.15, 0.2) is 46.7 Å². The van der Waals surface area contributed by atoms with Crippen molar-refractivity contribution >= 4 is 11.5 Å². The molecule has 31 heavy (non-hydrogen) atoms. The number of aryl methyl sites for hydroxylation is 1. The van der Waals surface area contributed by atoms with E-state index < -0.39 is 17.9 Å². The normalized spacial score (nSPS) is 12.1. The fourth-order valence-corrected chi connectivity index (χ4v) is 2.63. The zero-order valence-corrected chi connectivity index (χ0v) is 20.9. The Morgan fingerprint density at radius 1 is 1.10 bits per heavy atom. The third kappa shape index (κ3) is 8.07. The van der Waals surface area contributed by atoms with E-state index in [2.05, 4.69) is 20.4 Å². The van der Waals surface area contributed by atoms with Crippen LogP contribution in [0.5, 0.6) is 5.75 Å². The Hall–Kier alpha value is -1.66. The first-order chi connectivity index (χ1) is 14.2. The number of halogens is 4. The first kappa shape index (κ1) is 27.4. The van der Waals surface area contributed by atoms with Crippen LogP contribution >= 0.6 is 0 Å². The van der Waals surface area contributed by atoms with Crippen molar-refractivity contribution in [1.82, 2.24) is 0 Å². The number of oxime groups is 2. The van der Waals surface area contributed by atoms with Crippen molar-refractivity contribution in [1.29, 1.82) is 0 Å². The van der Waals surface area contributed by atoms with Gasteiger partial charge in [-0.25, -0.2) is 4.39 Å². The molecule has 0 saturated heterocycles. The van der Waals surface area contributed by atoms with Crippen LogP contribution in [0.4, 0.5) is 17.6 Å². The van der Waals surface area contributed by atoms with Crippen LogP contribution in [0.25, 0.3) is 5.32 Å². The molecule has 11 heteroatoms. The van der Waals surface area contributed by atoms with Gasteiger partial charge in [0.05, 0.1) is 12.8 Å². The minimum Gasteiger partial charge on any atom is -0.497 e. The number of ether oxygens (including phenoxy) is 1. The van der Waals surface area contributed by atoms with E-state index in [9.17, 15) is 17.6 Å². The van der Waals surface area contributed by atoms with E-state index in [4.69, 9.17) is 9.68 Å². The predicted octanol–water partition coefficient (Wildman–Crippen LogP) is 2.29. The van der Waals surface area contributed by atoms with E-state index in [1.807, 2.05) is 19.1 Å². The smallest absolute Gasteiger partial charge is 0.497 e. The Morgan fingerprint density at radius 3 is 2.39 bits per heavy atom. The number of benzene rings is 2. The molecule has 162 valence electrons. The van der Waals surface area contributed by atoms with Crippen LogP contribution in [0.1, 0.15) is 29.2 Å². The maximum atomic E-state index is 14.2. The Balaban J connectivity index is 0.00000480.